The number of benzene rings is 2. The fourth-order valence-electron chi connectivity index (χ4n) is 3.19. The summed E-state index contributed by atoms with van der Waals surface area (Å²) in [5.41, 5.74) is 2.84. The number of Topliss-reactive ketones (excluding diaryl/α,β-unsaturated/α-hetero) is 1. The van der Waals surface area contributed by atoms with Crippen LogP contribution in [0.15, 0.2) is 54.7 Å². The van der Waals surface area contributed by atoms with Crippen molar-refractivity contribution >= 4 is 16.7 Å². The molecule has 1 aromatic heterocycles. The number of aromatic nitrogens is 1. The highest BCUT2D eigenvalue weighted by atomic mass is 16.5. The molecule has 0 saturated heterocycles. The Balaban J connectivity index is 1.79. The van der Waals surface area contributed by atoms with Gasteiger partial charge in [-0.05, 0) is 32.0 Å². The predicted molar refractivity (Wildman–Crippen MR) is 95.4 cm³/mol. The van der Waals surface area contributed by atoms with Gasteiger partial charge in [-0.3, -0.25) is 4.79 Å². The Kier molecular flexibility index (Phi) is 4.67. The van der Waals surface area contributed by atoms with Gasteiger partial charge in [-0.25, -0.2) is 0 Å². The molecule has 0 saturated carbocycles. The topological polar surface area (TPSA) is 58.7 Å². The number of nitrogens with two attached hydrogens (primary N) is 1. The van der Waals surface area contributed by atoms with Crippen LogP contribution in [-0.2, 0) is 0 Å². The Bertz CT molecular complexity index is 853. The van der Waals surface area contributed by atoms with E-state index in [-0.39, 0.29) is 17.9 Å². The average molecular weight is 323 g/mol. The molecule has 0 spiro atoms. The van der Waals surface area contributed by atoms with Gasteiger partial charge in [0.05, 0.1) is 12.7 Å². The standard InChI is InChI=1S/C20H22N2O2/c1-13(15-8-5-7-11-19(15)24-3)22-14(2)20(23)17-12-21-18-10-6-4-9-16(17)18/h4-14,21-22H,1-3H3/p+1/t13-,14-/m0/s1. The maximum atomic E-state index is 12.9. The van der Waals surface area contributed by atoms with Crippen LogP contribution >= 0.6 is 0 Å². The number of fused-ring (bicyclic) bond motifs is 1. The minimum atomic E-state index is -0.177. The number of ketones is 1. The molecule has 0 fully saturated rings. The Morgan fingerprint density at radius 3 is 2.58 bits per heavy atom. The predicted octanol–water partition coefficient (Wildman–Crippen LogP) is 3.07. The molecule has 4 heteroatoms. The lowest BCUT2D eigenvalue weighted by Crippen LogP contribution is -2.91. The van der Waals surface area contributed by atoms with E-state index in [0.29, 0.717) is 0 Å². The molecule has 0 amide bonds. The average Bonchev–Trinajstić information content (AvgIpc) is 3.04. The molecule has 0 bridgehead atoms. The Morgan fingerprint density at radius 2 is 1.79 bits per heavy atom. The summed E-state index contributed by atoms with van der Waals surface area (Å²) < 4.78 is 5.43. The summed E-state index contributed by atoms with van der Waals surface area (Å²) in [6, 6.07) is 15.8. The number of hydrogen-bond acceptors (Lipinski definition) is 2. The number of H-pyrrole nitrogens is 1. The van der Waals surface area contributed by atoms with Gasteiger partial charge in [-0.1, -0.05) is 30.3 Å². The van der Waals surface area contributed by atoms with Crippen molar-refractivity contribution in [1.29, 1.82) is 0 Å². The van der Waals surface area contributed by atoms with E-state index < -0.39 is 0 Å². The van der Waals surface area contributed by atoms with Gasteiger partial charge in [0.2, 0.25) is 5.78 Å². The SMILES string of the molecule is COc1ccccc1[C@H](C)[NH2+][C@@H](C)C(=O)c1c[nH]c2ccccc12. The summed E-state index contributed by atoms with van der Waals surface area (Å²) in [7, 11) is 1.67. The van der Waals surface area contributed by atoms with Gasteiger partial charge in [-0.15, -0.1) is 0 Å². The minimum absolute atomic E-state index is 0.130. The van der Waals surface area contributed by atoms with Gasteiger partial charge in [-0.2, -0.15) is 0 Å². The maximum absolute atomic E-state index is 12.9. The second-order valence-electron chi connectivity index (χ2n) is 6.12. The Morgan fingerprint density at radius 1 is 1.08 bits per heavy atom. The monoisotopic (exact) mass is 323 g/mol. The van der Waals surface area contributed by atoms with E-state index >= 15 is 0 Å². The first-order chi connectivity index (χ1) is 11.6. The van der Waals surface area contributed by atoms with Crippen molar-refractivity contribution < 1.29 is 14.8 Å². The van der Waals surface area contributed by atoms with Crippen LogP contribution in [0.3, 0.4) is 0 Å². The first-order valence-corrected chi connectivity index (χ1v) is 8.20. The summed E-state index contributed by atoms with van der Waals surface area (Å²) in [6.45, 7) is 4.05. The Labute approximate surface area is 141 Å². The van der Waals surface area contributed by atoms with Crippen molar-refractivity contribution in [1.82, 2.24) is 4.98 Å². The number of hydrogen-bond donors (Lipinski definition) is 2. The van der Waals surface area contributed by atoms with Crippen LogP contribution in [0.25, 0.3) is 10.9 Å². The van der Waals surface area contributed by atoms with Crippen LogP contribution in [-0.4, -0.2) is 23.9 Å². The lowest BCUT2D eigenvalue weighted by atomic mass is 10.0. The van der Waals surface area contributed by atoms with Crippen LogP contribution < -0.4 is 10.1 Å². The van der Waals surface area contributed by atoms with Crippen LogP contribution in [0.1, 0.15) is 35.8 Å². The molecular formula is C20H23N2O2+. The number of ether oxygens (including phenoxy) is 1. The fourth-order valence-corrected chi connectivity index (χ4v) is 3.19. The van der Waals surface area contributed by atoms with Crippen molar-refractivity contribution in [3.05, 3.63) is 65.9 Å². The van der Waals surface area contributed by atoms with Crippen molar-refractivity contribution in [2.75, 3.05) is 7.11 Å². The molecular weight excluding hydrogens is 300 g/mol. The third-order valence-electron chi connectivity index (χ3n) is 4.48. The molecule has 0 aliphatic rings. The van der Waals surface area contributed by atoms with Crippen LogP contribution in [0.5, 0.6) is 5.75 Å². The lowest BCUT2D eigenvalue weighted by Gasteiger charge is -2.18. The van der Waals surface area contributed by atoms with E-state index in [1.165, 1.54) is 0 Å². The van der Waals surface area contributed by atoms with Gasteiger partial charge in [0.15, 0.2) is 0 Å². The van der Waals surface area contributed by atoms with Gasteiger partial charge in [0.25, 0.3) is 0 Å². The summed E-state index contributed by atoms with van der Waals surface area (Å²) >= 11 is 0. The zero-order valence-electron chi connectivity index (χ0n) is 14.2. The number of carbonyl (C=O) groups is 1. The highest BCUT2D eigenvalue weighted by Crippen LogP contribution is 2.23. The number of para-hydroxylation sites is 2. The second-order valence-corrected chi connectivity index (χ2v) is 6.12. The Hall–Kier alpha value is -2.59. The largest absolute Gasteiger partial charge is 0.496 e. The molecule has 0 unspecified atom stereocenters. The number of quaternary nitrogens is 1. The van der Waals surface area contributed by atoms with E-state index in [1.807, 2.05) is 61.7 Å². The molecule has 2 atom stereocenters. The van der Waals surface area contributed by atoms with Gasteiger partial charge in [0.1, 0.15) is 17.8 Å². The smallest absolute Gasteiger partial charge is 0.221 e. The van der Waals surface area contributed by atoms with E-state index in [4.69, 9.17) is 4.74 Å². The van der Waals surface area contributed by atoms with Crippen molar-refractivity contribution in [3.63, 3.8) is 0 Å². The van der Waals surface area contributed by atoms with E-state index in [0.717, 1.165) is 27.8 Å². The van der Waals surface area contributed by atoms with E-state index in [9.17, 15) is 4.79 Å². The highest BCUT2D eigenvalue weighted by molar-refractivity contribution is 6.09. The van der Waals surface area contributed by atoms with Crippen LogP contribution in [0.4, 0.5) is 0 Å². The van der Waals surface area contributed by atoms with Gasteiger partial charge >= 0.3 is 0 Å². The van der Waals surface area contributed by atoms with Crippen LogP contribution in [0, 0.1) is 0 Å². The maximum Gasteiger partial charge on any atom is 0.221 e. The van der Waals surface area contributed by atoms with Gasteiger partial charge in [0, 0.05) is 22.7 Å². The molecule has 3 aromatic rings. The lowest BCUT2D eigenvalue weighted by molar-refractivity contribution is -0.709. The molecule has 2 aromatic carbocycles. The van der Waals surface area contributed by atoms with E-state index in [1.54, 1.807) is 7.11 Å². The molecule has 24 heavy (non-hydrogen) atoms. The van der Waals surface area contributed by atoms with Crippen molar-refractivity contribution in [2.24, 2.45) is 0 Å². The summed E-state index contributed by atoms with van der Waals surface area (Å²) in [4.78, 5) is 16.0. The third kappa shape index (κ3) is 3.05. The number of rotatable bonds is 6. The normalized spacial score (nSPS) is 13.6. The zero-order chi connectivity index (χ0) is 17.1. The molecule has 3 rings (SSSR count). The number of carbonyl (C=O) groups excluding carboxylic acids is 1. The second kappa shape index (κ2) is 6.89. The molecule has 1 heterocycles. The van der Waals surface area contributed by atoms with E-state index in [2.05, 4.69) is 17.2 Å². The first-order valence-electron chi connectivity index (χ1n) is 8.20. The van der Waals surface area contributed by atoms with Crippen molar-refractivity contribution in [3.8, 4) is 5.75 Å². The number of aromatic amines is 1. The highest BCUT2D eigenvalue weighted by Gasteiger charge is 2.25. The molecule has 0 aliphatic carbocycles. The summed E-state index contributed by atoms with van der Waals surface area (Å²) in [5, 5.41) is 3.06. The molecule has 4 nitrogen and oxygen atoms in total. The quantitative estimate of drug-likeness (QED) is 0.685. The summed E-state index contributed by atoms with van der Waals surface area (Å²) in [6.07, 6.45) is 1.81. The molecule has 0 aliphatic heterocycles. The third-order valence-corrected chi connectivity index (χ3v) is 4.48. The van der Waals surface area contributed by atoms with Gasteiger partial charge < -0.3 is 15.0 Å². The number of methoxy groups -OCH3 is 1. The molecule has 3 N–H and O–H groups in total. The first kappa shape index (κ1) is 16.3. The molecule has 124 valence electrons. The zero-order valence-corrected chi connectivity index (χ0v) is 14.2. The molecule has 0 radical (unpaired) electrons. The number of nitrogens with one attached hydrogen (secondary N) is 1. The fraction of sp³-hybridized carbons (Fsp3) is 0.250. The van der Waals surface area contributed by atoms with Crippen LogP contribution in [0.2, 0.25) is 0 Å². The van der Waals surface area contributed by atoms with Crippen molar-refractivity contribution in [2.45, 2.75) is 25.9 Å². The summed E-state index contributed by atoms with van der Waals surface area (Å²) in [5.74, 6) is 0.988. The minimum Gasteiger partial charge on any atom is -0.496 e.